The average Bonchev–Trinajstić information content (AvgIpc) is 3.11. The van der Waals surface area contributed by atoms with Gasteiger partial charge in [0.15, 0.2) is 5.13 Å². The van der Waals surface area contributed by atoms with Crippen molar-refractivity contribution < 1.29 is 4.79 Å². The van der Waals surface area contributed by atoms with E-state index in [4.69, 9.17) is 0 Å². The number of H-pyrrole nitrogens is 1. The van der Waals surface area contributed by atoms with Gasteiger partial charge < -0.3 is 15.2 Å². The number of hydrogen-bond acceptors (Lipinski definition) is 4. The lowest BCUT2D eigenvalue weighted by atomic mass is 10.1. The van der Waals surface area contributed by atoms with Gasteiger partial charge in [0.05, 0.1) is 12.1 Å². The topological polar surface area (TPSA) is 61.0 Å². The van der Waals surface area contributed by atoms with Crippen LogP contribution >= 0.6 is 11.3 Å². The molecule has 3 heterocycles. The molecule has 0 atom stereocenters. The second kappa shape index (κ2) is 5.79. The molecule has 0 aliphatic carbocycles. The van der Waals surface area contributed by atoms with Gasteiger partial charge in [0.25, 0.3) is 0 Å². The Bertz CT molecular complexity index is 866. The maximum Gasteiger partial charge on any atom is 0.230 e. The molecule has 1 amide bonds. The van der Waals surface area contributed by atoms with Gasteiger partial charge in [-0.2, -0.15) is 0 Å². The van der Waals surface area contributed by atoms with Crippen molar-refractivity contribution in [3.8, 4) is 0 Å². The second-order valence-electron chi connectivity index (χ2n) is 5.96. The SMILES string of the molecule is CN1CCc2nc(NC(=O)Cc3c[nH]c4ccccc34)sc2C1. The van der Waals surface area contributed by atoms with Crippen LogP contribution in [-0.2, 0) is 24.2 Å². The summed E-state index contributed by atoms with van der Waals surface area (Å²) in [6, 6.07) is 8.03. The van der Waals surface area contributed by atoms with E-state index in [2.05, 4.69) is 27.2 Å². The van der Waals surface area contributed by atoms with E-state index in [-0.39, 0.29) is 5.91 Å². The molecule has 2 aromatic heterocycles. The zero-order chi connectivity index (χ0) is 15.8. The highest BCUT2D eigenvalue weighted by Gasteiger charge is 2.19. The largest absolute Gasteiger partial charge is 0.361 e. The van der Waals surface area contributed by atoms with Gasteiger partial charge in [-0.15, -0.1) is 11.3 Å². The summed E-state index contributed by atoms with van der Waals surface area (Å²) in [4.78, 5) is 23.6. The van der Waals surface area contributed by atoms with Crippen molar-refractivity contribution in [1.29, 1.82) is 0 Å². The number of amides is 1. The van der Waals surface area contributed by atoms with E-state index >= 15 is 0 Å². The van der Waals surface area contributed by atoms with Crippen molar-refractivity contribution in [1.82, 2.24) is 14.9 Å². The third-order valence-corrected chi connectivity index (χ3v) is 5.19. The average molecular weight is 326 g/mol. The Kier molecular flexibility index (Phi) is 3.63. The van der Waals surface area contributed by atoms with Crippen LogP contribution in [0.5, 0.6) is 0 Å². The van der Waals surface area contributed by atoms with E-state index in [1.54, 1.807) is 11.3 Å². The summed E-state index contributed by atoms with van der Waals surface area (Å²) in [6.07, 6.45) is 3.22. The summed E-state index contributed by atoms with van der Waals surface area (Å²) in [5.74, 6) is -0.0193. The van der Waals surface area contributed by atoms with E-state index in [9.17, 15) is 4.79 Å². The van der Waals surface area contributed by atoms with E-state index in [1.165, 1.54) is 4.88 Å². The van der Waals surface area contributed by atoms with Gasteiger partial charge in [0, 0.05) is 41.5 Å². The summed E-state index contributed by atoms with van der Waals surface area (Å²) in [6.45, 7) is 1.95. The highest BCUT2D eigenvalue weighted by molar-refractivity contribution is 7.15. The second-order valence-corrected chi connectivity index (χ2v) is 7.04. The Balaban J connectivity index is 1.48. The Morgan fingerprint density at radius 3 is 3.22 bits per heavy atom. The molecule has 0 fully saturated rings. The fourth-order valence-electron chi connectivity index (χ4n) is 2.99. The van der Waals surface area contributed by atoms with Crippen molar-refractivity contribution in [3.05, 3.63) is 46.6 Å². The van der Waals surface area contributed by atoms with Gasteiger partial charge in [-0.05, 0) is 18.7 Å². The fourth-order valence-corrected chi connectivity index (χ4v) is 4.10. The molecule has 4 rings (SSSR count). The van der Waals surface area contributed by atoms with Crippen molar-refractivity contribution in [3.63, 3.8) is 0 Å². The summed E-state index contributed by atoms with van der Waals surface area (Å²) in [5, 5.41) is 4.77. The number of hydrogen-bond donors (Lipinski definition) is 2. The zero-order valence-electron chi connectivity index (χ0n) is 12.9. The van der Waals surface area contributed by atoms with E-state index in [1.807, 2.05) is 30.5 Å². The number of fused-ring (bicyclic) bond motifs is 2. The van der Waals surface area contributed by atoms with Crippen LogP contribution in [0.25, 0.3) is 10.9 Å². The molecule has 0 radical (unpaired) electrons. The van der Waals surface area contributed by atoms with Crippen LogP contribution in [0, 0.1) is 0 Å². The molecule has 1 aliphatic rings. The van der Waals surface area contributed by atoms with E-state index in [0.717, 1.165) is 46.8 Å². The van der Waals surface area contributed by atoms with Crippen molar-refractivity contribution in [2.24, 2.45) is 0 Å². The lowest BCUT2D eigenvalue weighted by Gasteiger charge is -2.20. The minimum Gasteiger partial charge on any atom is -0.361 e. The van der Waals surface area contributed by atoms with E-state index in [0.29, 0.717) is 6.42 Å². The van der Waals surface area contributed by atoms with Crippen LogP contribution in [0.15, 0.2) is 30.5 Å². The van der Waals surface area contributed by atoms with Crippen LogP contribution in [0.3, 0.4) is 0 Å². The van der Waals surface area contributed by atoms with Gasteiger partial charge in [0.1, 0.15) is 0 Å². The van der Waals surface area contributed by atoms with Gasteiger partial charge in [0.2, 0.25) is 5.91 Å². The Morgan fingerprint density at radius 1 is 1.43 bits per heavy atom. The monoisotopic (exact) mass is 326 g/mol. The lowest BCUT2D eigenvalue weighted by molar-refractivity contribution is -0.115. The summed E-state index contributed by atoms with van der Waals surface area (Å²) < 4.78 is 0. The molecular formula is C17H18N4OS. The molecule has 118 valence electrons. The first-order valence-electron chi connectivity index (χ1n) is 7.71. The van der Waals surface area contributed by atoms with Gasteiger partial charge in [-0.1, -0.05) is 18.2 Å². The molecule has 2 N–H and O–H groups in total. The van der Waals surface area contributed by atoms with E-state index < -0.39 is 0 Å². The van der Waals surface area contributed by atoms with Crippen molar-refractivity contribution in [2.45, 2.75) is 19.4 Å². The zero-order valence-corrected chi connectivity index (χ0v) is 13.7. The summed E-state index contributed by atoms with van der Waals surface area (Å²) >= 11 is 1.59. The molecule has 3 aromatic rings. The van der Waals surface area contributed by atoms with Crippen LogP contribution in [0.4, 0.5) is 5.13 Å². The predicted molar refractivity (Wildman–Crippen MR) is 92.8 cm³/mol. The van der Waals surface area contributed by atoms with Gasteiger partial charge in [-0.25, -0.2) is 4.98 Å². The number of likely N-dealkylation sites (N-methyl/N-ethyl adjacent to an activating group) is 1. The number of nitrogens with zero attached hydrogens (tertiary/aromatic N) is 2. The van der Waals surface area contributed by atoms with Crippen LogP contribution in [-0.4, -0.2) is 34.4 Å². The Morgan fingerprint density at radius 2 is 2.30 bits per heavy atom. The van der Waals surface area contributed by atoms with Gasteiger partial charge >= 0.3 is 0 Å². The number of rotatable bonds is 3. The minimum absolute atomic E-state index is 0.0193. The third-order valence-electron chi connectivity index (χ3n) is 4.19. The minimum atomic E-state index is -0.0193. The number of aromatic amines is 1. The number of thiazole rings is 1. The number of nitrogens with one attached hydrogen (secondary N) is 2. The molecule has 0 saturated carbocycles. The normalized spacial score (nSPS) is 14.8. The number of benzene rings is 1. The maximum absolute atomic E-state index is 12.3. The quantitative estimate of drug-likeness (QED) is 0.778. The van der Waals surface area contributed by atoms with Crippen LogP contribution in [0.2, 0.25) is 0 Å². The third kappa shape index (κ3) is 2.87. The summed E-state index contributed by atoms with van der Waals surface area (Å²) in [5.41, 5.74) is 3.21. The Hall–Kier alpha value is -2.18. The lowest BCUT2D eigenvalue weighted by Crippen LogP contribution is -2.25. The van der Waals surface area contributed by atoms with Crippen molar-refractivity contribution in [2.75, 3.05) is 18.9 Å². The highest BCUT2D eigenvalue weighted by Crippen LogP contribution is 2.28. The molecule has 1 aliphatic heterocycles. The van der Waals surface area contributed by atoms with Crippen LogP contribution in [0.1, 0.15) is 16.1 Å². The molecular weight excluding hydrogens is 308 g/mol. The summed E-state index contributed by atoms with van der Waals surface area (Å²) in [7, 11) is 2.11. The first kappa shape index (κ1) is 14.4. The number of carbonyl (C=O) groups is 1. The molecule has 6 heteroatoms. The first-order valence-corrected chi connectivity index (χ1v) is 8.52. The highest BCUT2D eigenvalue weighted by atomic mass is 32.1. The predicted octanol–water partition coefficient (Wildman–Crippen LogP) is 2.79. The van der Waals surface area contributed by atoms with Crippen molar-refractivity contribution >= 4 is 33.3 Å². The Labute approximate surface area is 138 Å². The number of anilines is 1. The molecule has 1 aromatic carbocycles. The van der Waals surface area contributed by atoms with Crippen LogP contribution < -0.4 is 5.32 Å². The first-order chi connectivity index (χ1) is 11.2. The molecule has 5 nitrogen and oxygen atoms in total. The molecule has 0 saturated heterocycles. The molecule has 0 unspecified atom stereocenters. The maximum atomic E-state index is 12.3. The fraction of sp³-hybridized carbons (Fsp3) is 0.294. The molecule has 0 bridgehead atoms. The standard InChI is InChI=1S/C17H18N4OS/c1-21-7-6-14-15(10-21)23-17(19-14)20-16(22)8-11-9-18-13-5-3-2-4-12(11)13/h2-5,9,18H,6-8,10H2,1H3,(H,19,20,22). The smallest absolute Gasteiger partial charge is 0.230 e. The van der Waals surface area contributed by atoms with Gasteiger partial charge in [-0.3, -0.25) is 4.79 Å². The number of carbonyl (C=O) groups excluding carboxylic acids is 1. The molecule has 23 heavy (non-hydrogen) atoms. The number of para-hydroxylation sites is 1. The molecule has 0 spiro atoms. The number of aromatic nitrogens is 2.